The molecule has 0 bridgehead atoms. The van der Waals surface area contributed by atoms with Crippen molar-refractivity contribution < 1.29 is 0 Å². The van der Waals surface area contributed by atoms with Crippen LogP contribution in [0.4, 0.5) is 0 Å². The van der Waals surface area contributed by atoms with Crippen molar-refractivity contribution in [2.75, 3.05) is 0 Å². The van der Waals surface area contributed by atoms with Crippen LogP contribution in [0.2, 0.25) is 0 Å². The third kappa shape index (κ3) is 3.34. The fourth-order valence-corrected chi connectivity index (χ4v) is 4.96. The number of fused-ring (bicyclic) bond motifs is 3. The highest BCUT2D eigenvalue weighted by Gasteiger charge is 2.24. The van der Waals surface area contributed by atoms with Crippen LogP contribution >= 0.6 is 0 Å². The Morgan fingerprint density at radius 2 is 1.52 bits per heavy atom. The molecule has 4 rings (SSSR count). The first-order valence-electron chi connectivity index (χ1n) is 10.4. The van der Waals surface area contributed by atoms with E-state index in [9.17, 15) is 0 Å². The third-order valence-corrected chi connectivity index (χ3v) is 6.26. The molecule has 138 valence electrons. The van der Waals surface area contributed by atoms with Gasteiger partial charge in [0.05, 0.1) is 0 Å². The van der Waals surface area contributed by atoms with E-state index in [0.717, 1.165) is 25.7 Å². The summed E-state index contributed by atoms with van der Waals surface area (Å²) in [6.07, 6.45) is 4.47. The number of benzene rings is 3. The monoisotopic (exact) mass is 354 g/mol. The van der Waals surface area contributed by atoms with Gasteiger partial charge in [-0.1, -0.05) is 74.0 Å². The van der Waals surface area contributed by atoms with Crippen LogP contribution in [-0.4, -0.2) is 0 Å². The average molecular weight is 355 g/mol. The summed E-state index contributed by atoms with van der Waals surface area (Å²) < 4.78 is 0. The third-order valence-electron chi connectivity index (χ3n) is 6.26. The lowest BCUT2D eigenvalue weighted by Gasteiger charge is -2.22. The summed E-state index contributed by atoms with van der Waals surface area (Å²) in [7, 11) is 0. The van der Waals surface area contributed by atoms with E-state index in [1.54, 1.807) is 11.1 Å². The maximum Gasteiger partial charge on any atom is -0.00777 e. The Labute approximate surface area is 164 Å². The van der Waals surface area contributed by atoms with E-state index < -0.39 is 0 Å². The first kappa shape index (κ1) is 18.0. The van der Waals surface area contributed by atoms with Crippen LogP contribution < -0.4 is 0 Å². The molecule has 0 heterocycles. The summed E-state index contributed by atoms with van der Waals surface area (Å²) >= 11 is 0. The van der Waals surface area contributed by atoms with Gasteiger partial charge in [-0.25, -0.2) is 0 Å². The normalized spacial score (nSPS) is 15.8. The topological polar surface area (TPSA) is 0 Å². The Balaban J connectivity index is 1.90. The molecule has 27 heavy (non-hydrogen) atoms. The molecule has 0 nitrogen and oxygen atoms in total. The zero-order valence-corrected chi connectivity index (χ0v) is 17.1. The highest BCUT2D eigenvalue weighted by atomic mass is 14.3. The molecule has 0 radical (unpaired) electrons. The molecule has 0 aromatic heterocycles. The zero-order valence-electron chi connectivity index (χ0n) is 17.1. The predicted octanol–water partition coefficient (Wildman–Crippen LogP) is 6.98. The summed E-state index contributed by atoms with van der Waals surface area (Å²) in [4.78, 5) is 0. The number of rotatable bonds is 3. The molecule has 0 saturated heterocycles. The van der Waals surface area contributed by atoms with Gasteiger partial charge in [0.1, 0.15) is 0 Å². The van der Waals surface area contributed by atoms with Crippen molar-refractivity contribution in [2.24, 2.45) is 0 Å². The first-order valence-corrected chi connectivity index (χ1v) is 10.4. The quantitative estimate of drug-likeness (QED) is 0.476. The Hall–Kier alpha value is -2.34. The van der Waals surface area contributed by atoms with Crippen molar-refractivity contribution in [3.8, 4) is 11.1 Å². The van der Waals surface area contributed by atoms with Crippen molar-refractivity contribution in [1.82, 2.24) is 0 Å². The molecule has 1 unspecified atom stereocenters. The first-order chi connectivity index (χ1) is 13.1. The highest BCUT2D eigenvalue weighted by molar-refractivity contribution is 5.72. The van der Waals surface area contributed by atoms with Crippen LogP contribution in [0.1, 0.15) is 58.7 Å². The summed E-state index contributed by atoms with van der Waals surface area (Å²) in [5, 5.41) is 0. The minimum Gasteiger partial charge on any atom is -0.0620 e. The Kier molecular flexibility index (Phi) is 4.91. The van der Waals surface area contributed by atoms with E-state index in [4.69, 9.17) is 0 Å². The highest BCUT2D eigenvalue weighted by Crippen LogP contribution is 2.40. The molecule has 1 atom stereocenters. The van der Waals surface area contributed by atoms with Crippen LogP contribution in [0, 0.1) is 13.8 Å². The van der Waals surface area contributed by atoms with Crippen molar-refractivity contribution in [3.05, 3.63) is 93.5 Å². The number of aryl methyl sites for hydroxylation is 3. The lowest BCUT2D eigenvalue weighted by Crippen LogP contribution is -2.10. The molecule has 0 saturated carbocycles. The van der Waals surface area contributed by atoms with Crippen LogP contribution in [0.3, 0.4) is 0 Å². The second kappa shape index (κ2) is 7.35. The van der Waals surface area contributed by atoms with Gasteiger partial charge in [-0.15, -0.1) is 0 Å². The van der Waals surface area contributed by atoms with E-state index >= 15 is 0 Å². The summed E-state index contributed by atoms with van der Waals surface area (Å²) in [5.74, 6) is 0.549. The molecule has 0 aliphatic heterocycles. The van der Waals surface area contributed by atoms with Gasteiger partial charge in [-0.05, 0) is 90.0 Å². The molecule has 0 fully saturated rings. The lowest BCUT2D eigenvalue weighted by atomic mass is 9.82. The molecule has 1 aliphatic carbocycles. The van der Waals surface area contributed by atoms with Gasteiger partial charge in [-0.2, -0.15) is 0 Å². The van der Waals surface area contributed by atoms with E-state index in [2.05, 4.69) is 82.3 Å². The average Bonchev–Trinajstić information content (AvgIpc) is 2.83. The van der Waals surface area contributed by atoms with Crippen molar-refractivity contribution in [3.63, 3.8) is 0 Å². The SMILES string of the molecule is CCc1ccc2c(c1)CC(c1cc(C)cc(C)c1CC)Cc1ccccc1-2. The molecular weight excluding hydrogens is 324 g/mol. The summed E-state index contributed by atoms with van der Waals surface area (Å²) in [6, 6.07) is 20.9. The molecule has 3 aromatic carbocycles. The standard InChI is InChI=1S/C27H30/c1-5-20-11-12-26-22(15-20)17-23(16-21-9-7-8-10-25(21)26)27-14-18(3)13-19(4)24(27)6-2/h7-15,23H,5-6,16-17H2,1-4H3. The predicted molar refractivity (Wildman–Crippen MR) is 117 cm³/mol. The molecule has 1 aliphatic rings. The molecular formula is C27H30. The van der Waals surface area contributed by atoms with Gasteiger partial charge in [0.25, 0.3) is 0 Å². The van der Waals surface area contributed by atoms with E-state index in [1.165, 1.54) is 38.9 Å². The lowest BCUT2D eigenvalue weighted by molar-refractivity contribution is 0.678. The van der Waals surface area contributed by atoms with Gasteiger partial charge in [0.2, 0.25) is 0 Å². The van der Waals surface area contributed by atoms with E-state index in [1.807, 2.05) is 0 Å². The van der Waals surface area contributed by atoms with Crippen molar-refractivity contribution in [2.45, 2.75) is 59.3 Å². The van der Waals surface area contributed by atoms with Crippen molar-refractivity contribution >= 4 is 0 Å². The van der Waals surface area contributed by atoms with E-state index in [-0.39, 0.29) is 0 Å². The Bertz CT molecular complexity index is 977. The van der Waals surface area contributed by atoms with Gasteiger partial charge in [0, 0.05) is 0 Å². The Morgan fingerprint density at radius 1 is 0.778 bits per heavy atom. The second-order valence-electron chi connectivity index (χ2n) is 8.11. The summed E-state index contributed by atoms with van der Waals surface area (Å²) in [6.45, 7) is 9.07. The van der Waals surface area contributed by atoms with Crippen LogP contribution in [0.15, 0.2) is 54.6 Å². The van der Waals surface area contributed by atoms with Crippen molar-refractivity contribution in [1.29, 1.82) is 0 Å². The molecule has 0 amide bonds. The minimum absolute atomic E-state index is 0.549. The van der Waals surface area contributed by atoms with Crippen LogP contribution in [0.25, 0.3) is 11.1 Å². The molecule has 3 aromatic rings. The second-order valence-corrected chi connectivity index (χ2v) is 8.11. The number of hydrogen-bond acceptors (Lipinski definition) is 0. The van der Waals surface area contributed by atoms with Gasteiger partial charge >= 0.3 is 0 Å². The smallest absolute Gasteiger partial charge is 0.00777 e. The molecule has 0 spiro atoms. The van der Waals surface area contributed by atoms with Gasteiger partial charge < -0.3 is 0 Å². The van der Waals surface area contributed by atoms with E-state index in [0.29, 0.717) is 5.92 Å². The van der Waals surface area contributed by atoms with Gasteiger partial charge in [-0.3, -0.25) is 0 Å². The largest absolute Gasteiger partial charge is 0.0620 e. The van der Waals surface area contributed by atoms with Gasteiger partial charge in [0.15, 0.2) is 0 Å². The summed E-state index contributed by atoms with van der Waals surface area (Å²) in [5.41, 5.74) is 13.3. The maximum atomic E-state index is 2.46. The fraction of sp³-hybridized carbons (Fsp3) is 0.333. The molecule has 0 N–H and O–H groups in total. The number of hydrogen-bond donors (Lipinski definition) is 0. The fourth-order valence-electron chi connectivity index (χ4n) is 4.96. The maximum absolute atomic E-state index is 2.46. The molecule has 0 heteroatoms. The van der Waals surface area contributed by atoms with Crippen LogP contribution in [-0.2, 0) is 25.7 Å². The zero-order chi connectivity index (χ0) is 19.0. The van der Waals surface area contributed by atoms with Crippen LogP contribution in [0.5, 0.6) is 0 Å². The minimum atomic E-state index is 0.549. The Morgan fingerprint density at radius 3 is 2.30 bits per heavy atom.